The van der Waals surface area contributed by atoms with E-state index in [1.54, 1.807) is 0 Å². The minimum Gasteiger partial charge on any atom is -0.301 e. The predicted octanol–water partition coefficient (Wildman–Crippen LogP) is 8.07. The van der Waals surface area contributed by atoms with Crippen molar-refractivity contribution in [3.63, 3.8) is 0 Å². The van der Waals surface area contributed by atoms with Gasteiger partial charge < -0.3 is 9.80 Å². The van der Waals surface area contributed by atoms with Gasteiger partial charge in [0, 0.05) is 22.2 Å². The Morgan fingerprint density at radius 2 is 1.64 bits per heavy atom. The average Bonchev–Trinajstić information content (AvgIpc) is 3.55. The van der Waals surface area contributed by atoms with Crippen molar-refractivity contribution in [1.29, 1.82) is 0 Å². The molecule has 0 N–H and O–H groups in total. The molecular weight excluding hydrogens is 440 g/mol. The van der Waals surface area contributed by atoms with Gasteiger partial charge in [-0.2, -0.15) is 0 Å². The zero-order chi connectivity index (χ0) is 24.3. The number of nitrogens with zero attached hydrogens (tertiary/aromatic N) is 4. The van der Waals surface area contributed by atoms with Crippen LogP contribution in [0.15, 0.2) is 60.8 Å². The maximum Gasteiger partial charge on any atom is 0.178 e. The highest BCUT2D eigenvalue weighted by Crippen LogP contribution is 2.72. The summed E-state index contributed by atoms with van der Waals surface area (Å²) >= 11 is 0. The van der Waals surface area contributed by atoms with Gasteiger partial charge in [0.25, 0.3) is 0 Å². The van der Waals surface area contributed by atoms with Crippen LogP contribution >= 0.6 is 0 Å². The molecule has 0 bridgehead atoms. The molecule has 0 spiro atoms. The molecule has 4 nitrogen and oxygen atoms in total. The maximum atomic E-state index is 5.39. The molecule has 2 fully saturated rings. The molecule has 3 aromatic rings. The molecule has 3 unspecified atom stereocenters. The fourth-order valence-corrected chi connectivity index (χ4v) is 8.48. The molecule has 36 heavy (non-hydrogen) atoms. The van der Waals surface area contributed by atoms with Crippen LogP contribution in [0.2, 0.25) is 0 Å². The van der Waals surface area contributed by atoms with E-state index in [1.807, 2.05) is 0 Å². The minimum absolute atomic E-state index is 0.165. The summed E-state index contributed by atoms with van der Waals surface area (Å²) in [6.45, 7) is 4.82. The highest BCUT2D eigenvalue weighted by atomic mass is 15.5. The normalized spacial score (nSPS) is 28.3. The van der Waals surface area contributed by atoms with Gasteiger partial charge in [-0.25, -0.2) is 9.97 Å². The van der Waals surface area contributed by atoms with Gasteiger partial charge in [-0.1, -0.05) is 75.9 Å². The largest absolute Gasteiger partial charge is 0.301 e. The van der Waals surface area contributed by atoms with Crippen molar-refractivity contribution in [1.82, 2.24) is 9.97 Å². The Kier molecular flexibility index (Phi) is 5.16. The molecular formula is C32H38N4. The van der Waals surface area contributed by atoms with E-state index in [0.717, 1.165) is 36.1 Å². The van der Waals surface area contributed by atoms with Crippen molar-refractivity contribution in [3.8, 4) is 0 Å². The molecule has 0 radical (unpaired) electrons. The lowest BCUT2D eigenvalue weighted by atomic mass is 9.42. The molecule has 2 saturated carbocycles. The second-order valence-corrected chi connectivity index (χ2v) is 11.6. The van der Waals surface area contributed by atoms with E-state index in [2.05, 4.69) is 84.4 Å². The van der Waals surface area contributed by atoms with Crippen LogP contribution in [0.25, 0.3) is 0 Å². The fourth-order valence-electron chi connectivity index (χ4n) is 8.48. The Labute approximate surface area is 215 Å². The van der Waals surface area contributed by atoms with E-state index < -0.39 is 0 Å². The molecule has 2 aromatic carbocycles. The van der Waals surface area contributed by atoms with Crippen molar-refractivity contribution in [2.24, 2.45) is 11.3 Å². The van der Waals surface area contributed by atoms with Gasteiger partial charge in [0.15, 0.2) is 11.6 Å². The first-order valence-corrected chi connectivity index (χ1v) is 14.3. The van der Waals surface area contributed by atoms with Gasteiger partial charge in [0.1, 0.15) is 6.17 Å². The molecule has 4 heteroatoms. The topological polar surface area (TPSA) is 32.3 Å². The van der Waals surface area contributed by atoms with Gasteiger partial charge in [-0.05, 0) is 68.2 Å². The van der Waals surface area contributed by atoms with Crippen LogP contribution in [0, 0.1) is 11.3 Å². The first kappa shape index (κ1) is 22.3. The number of anilines is 4. The summed E-state index contributed by atoms with van der Waals surface area (Å²) in [6.07, 6.45) is 15.0. The molecule has 1 aromatic heterocycles. The summed E-state index contributed by atoms with van der Waals surface area (Å²) in [4.78, 5) is 15.7. The minimum atomic E-state index is 0.165. The van der Waals surface area contributed by atoms with Crippen LogP contribution < -0.4 is 9.80 Å². The number of benzene rings is 2. The van der Waals surface area contributed by atoms with Crippen LogP contribution in [-0.2, 0) is 11.8 Å². The van der Waals surface area contributed by atoms with E-state index in [4.69, 9.17) is 9.97 Å². The van der Waals surface area contributed by atoms with Crippen LogP contribution in [-0.4, -0.2) is 16.1 Å². The van der Waals surface area contributed by atoms with Crippen molar-refractivity contribution >= 4 is 23.0 Å². The number of fused-ring (bicyclic) bond motifs is 8. The van der Waals surface area contributed by atoms with E-state index in [9.17, 15) is 0 Å². The van der Waals surface area contributed by atoms with E-state index in [0.29, 0.717) is 0 Å². The average molecular weight is 479 g/mol. The van der Waals surface area contributed by atoms with E-state index in [-0.39, 0.29) is 17.0 Å². The van der Waals surface area contributed by atoms with Crippen LogP contribution in [0.5, 0.6) is 0 Å². The second kappa shape index (κ2) is 8.33. The Balaban J connectivity index is 1.41. The zero-order valence-corrected chi connectivity index (χ0v) is 21.8. The first-order chi connectivity index (χ1) is 17.7. The van der Waals surface area contributed by atoms with Crippen molar-refractivity contribution in [3.05, 3.63) is 72.1 Å². The van der Waals surface area contributed by atoms with Gasteiger partial charge >= 0.3 is 0 Å². The number of aromatic nitrogens is 2. The molecule has 3 atom stereocenters. The van der Waals surface area contributed by atoms with Crippen molar-refractivity contribution < 1.29 is 0 Å². The van der Waals surface area contributed by atoms with E-state index >= 15 is 0 Å². The van der Waals surface area contributed by atoms with Crippen molar-refractivity contribution in [2.45, 2.75) is 89.6 Å². The summed E-state index contributed by atoms with van der Waals surface area (Å²) in [5, 5.41) is 0. The standard InChI is InChI=1S/C32H38N4/c1-3-31-20-21-32(31,4-2)30-35(25-14-6-5-7-15-25)28-29(36(30)27-17-11-10-16-26(27)31)34-24(22-33-28)19-18-23-12-8-9-13-23/h5-7,10-11,14-17,22-23,30H,3-4,8-9,12-13,18-21H2,1-2H3. The second-order valence-electron chi connectivity index (χ2n) is 11.6. The van der Waals surface area contributed by atoms with Crippen LogP contribution in [0.1, 0.15) is 82.9 Å². The Morgan fingerprint density at radius 1 is 0.861 bits per heavy atom. The lowest BCUT2D eigenvalue weighted by Gasteiger charge is -2.68. The summed E-state index contributed by atoms with van der Waals surface area (Å²) in [6, 6.07) is 20.1. The molecule has 7 rings (SSSR count). The Bertz CT molecular complexity index is 1260. The molecule has 3 heterocycles. The fraction of sp³-hybridized carbons (Fsp3) is 0.500. The number of hydrogen-bond donors (Lipinski definition) is 0. The highest BCUT2D eigenvalue weighted by Gasteiger charge is 2.69. The summed E-state index contributed by atoms with van der Waals surface area (Å²) < 4.78 is 0. The Morgan fingerprint density at radius 3 is 2.36 bits per heavy atom. The Hall–Kier alpha value is -2.88. The van der Waals surface area contributed by atoms with Crippen molar-refractivity contribution in [2.75, 3.05) is 9.80 Å². The van der Waals surface area contributed by atoms with Gasteiger partial charge in [-0.3, -0.25) is 0 Å². The smallest absolute Gasteiger partial charge is 0.178 e. The summed E-state index contributed by atoms with van der Waals surface area (Å²) in [5.74, 6) is 2.95. The maximum absolute atomic E-state index is 5.39. The third kappa shape index (κ3) is 2.87. The summed E-state index contributed by atoms with van der Waals surface area (Å²) in [7, 11) is 0. The van der Waals surface area contributed by atoms with Gasteiger partial charge in [-0.15, -0.1) is 0 Å². The van der Waals surface area contributed by atoms with Gasteiger partial charge in [0.2, 0.25) is 0 Å². The number of rotatable bonds is 6. The molecule has 186 valence electrons. The highest BCUT2D eigenvalue weighted by molar-refractivity contribution is 5.87. The van der Waals surface area contributed by atoms with Crippen LogP contribution in [0.3, 0.4) is 0 Å². The quantitative estimate of drug-likeness (QED) is 0.358. The lowest BCUT2D eigenvalue weighted by molar-refractivity contribution is -0.0455. The lowest BCUT2D eigenvalue weighted by Crippen LogP contribution is -2.69. The number of aryl methyl sites for hydroxylation is 1. The molecule has 2 aliphatic heterocycles. The predicted molar refractivity (Wildman–Crippen MR) is 147 cm³/mol. The summed E-state index contributed by atoms with van der Waals surface area (Å²) in [5.41, 5.74) is 5.62. The first-order valence-electron chi connectivity index (χ1n) is 14.3. The number of para-hydroxylation sites is 2. The van der Waals surface area contributed by atoms with Crippen LogP contribution in [0.4, 0.5) is 23.0 Å². The number of hydrogen-bond acceptors (Lipinski definition) is 4. The third-order valence-corrected chi connectivity index (χ3v) is 10.4. The SMILES string of the molecule is CCC12CCC1(CC)C1N(c3ccccc3)c3ncc(CCC4CCCC4)nc3N1c1ccccc12. The molecule has 0 amide bonds. The van der Waals surface area contributed by atoms with Gasteiger partial charge in [0.05, 0.1) is 11.9 Å². The van der Waals surface area contributed by atoms with E-state index in [1.165, 1.54) is 68.3 Å². The molecule has 2 aliphatic carbocycles. The monoisotopic (exact) mass is 478 g/mol. The third-order valence-electron chi connectivity index (χ3n) is 10.4. The molecule has 4 aliphatic rings. The molecule has 0 saturated heterocycles. The zero-order valence-electron chi connectivity index (χ0n) is 21.8.